The van der Waals surface area contributed by atoms with Gasteiger partial charge in [-0.2, -0.15) is 21.5 Å². The predicted molar refractivity (Wildman–Crippen MR) is 178 cm³/mol. The number of aliphatic imine (C=N–C) groups is 2. The Balaban J connectivity index is 3.22. The summed E-state index contributed by atoms with van der Waals surface area (Å²) in [7, 11) is 0. The van der Waals surface area contributed by atoms with E-state index in [4.69, 9.17) is 29.4 Å². The Morgan fingerprint density at radius 1 is 0.730 bits per heavy atom. The normalized spacial score (nSPS) is 11.4. The van der Waals surface area contributed by atoms with Gasteiger partial charge in [0.2, 0.25) is 12.8 Å². The molecule has 10 nitrogen and oxygen atoms in total. The lowest BCUT2D eigenvalue weighted by Crippen LogP contribution is -2.23. The van der Waals surface area contributed by atoms with Crippen LogP contribution in [0, 0.1) is 0 Å². The largest absolute Gasteiger partial charge is 0.438 e. The molecule has 218 valence electrons. The van der Waals surface area contributed by atoms with Crippen molar-refractivity contribution < 1.29 is 34.2 Å². The number of nitrogens with zero attached hydrogens (tertiary/aromatic N) is 2. The monoisotopic (exact) mass is 711 g/mol. The minimum Gasteiger partial charge on any atom is -0.438 e. The number of aliphatic hydroxyl groups excluding tert-OH is 1. The standard InChI is InChI=1S/C17H33N3O7S10/c1-28-11-29-4-18-2-24-27-10-35-16-37-13-31-6-20-17(22)23-8-33-15-36-12-30-5-19-3-25-26-9-34-14-32-7-21/h2-3,21H,4-16H2,1H3,(H,20,22)/b18-2+,19-3+. The minimum absolute atomic E-state index is 0.106. The molecule has 0 heterocycles. The van der Waals surface area contributed by atoms with Crippen molar-refractivity contribution in [2.45, 2.75) is 0 Å². The molecule has 2 N–H and O–H groups in total. The fraction of sp³-hybridized carbons (Fsp3) is 0.824. The molecule has 0 saturated heterocycles. The van der Waals surface area contributed by atoms with E-state index >= 15 is 0 Å². The number of hydrogen-bond donors (Lipinski definition) is 2. The molecule has 0 fully saturated rings. The number of nitrogens with one attached hydrogen (secondary N) is 1. The van der Waals surface area contributed by atoms with Crippen molar-refractivity contribution in [3.05, 3.63) is 0 Å². The summed E-state index contributed by atoms with van der Waals surface area (Å²) in [5.41, 5.74) is 0. The third kappa shape index (κ3) is 35.6. The van der Waals surface area contributed by atoms with Crippen molar-refractivity contribution in [2.75, 3.05) is 78.2 Å². The zero-order valence-electron chi connectivity index (χ0n) is 20.2. The van der Waals surface area contributed by atoms with Crippen LogP contribution >= 0.6 is 118 Å². The number of thioether (sulfide) groups is 10. The van der Waals surface area contributed by atoms with Crippen LogP contribution in [0.3, 0.4) is 0 Å². The molecule has 0 aromatic carbocycles. The van der Waals surface area contributed by atoms with E-state index in [2.05, 4.69) is 21.6 Å². The number of carbonyl (C=O) groups excluding carboxylic acids is 1. The van der Waals surface area contributed by atoms with E-state index in [0.717, 1.165) is 30.5 Å². The Morgan fingerprint density at radius 3 is 1.89 bits per heavy atom. The van der Waals surface area contributed by atoms with Crippen LogP contribution in [0.4, 0.5) is 4.79 Å². The highest BCUT2D eigenvalue weighted by atomic mass is 32.2. The molecule has 0 unspecified atom stereocenters. The van der Waals surface area contributed by atoms with Gasteiger partial charge in [0.25, 0.3) is 0 Å². The van der Waals surface area contributed by atoms with Gasteiger partial charge in [-0.25, -0.2) is 14.8 Å². The van der Waals surface area contributed by atoms with Gasteiger partial charge in [-0.15, -0.1) is 106 Å². The maximum atomic E-state index is 11.6. The Hall–Kier alpha value is 1.59. The maximum Gasteiger partial charge on any atom is 0.408 e. The first-order valence-corrected chi connectivity index (χ1v) is 21.8. The Labute approximate surface area is 262 Å². The summed E-state index contributed by atoms with van der Waals surface area (Å²) in [4.78, 5) is 39.3. The number of aliphatic hydroxyl groups is 1. The van der Waals surface area contributed by atoms with E-state index in [1.165, 1.54) is 36.3 Å². The number of amides is 1. The van der Waals surface area contributed by atoms with Crippen molar-refractivity contribution in [2.24, 2.45) is 9.98 Å². The van der Waals surface area contributed by atoms with Gasteiger partial charge in [-0.1, -0.05) is 0 Å². The first-order valence-electron chi connectivity index (χ1n) is 10.0. The molecule has 0 bridgehead atoms. The molecule has 20 heteroatoms. The first-order chi connectivity index (χ1) is 18.3. The van der Waals surface area contributed by atoms with Gasteiger partial charge in [0, 0.05) is 30.5 Å². The Morgan fingerprint density at radius 2 is 1.27 bits per heavy atom. The Bertz CT molecular complexity index is 548. The lowest BCUT2D eigenvalue weighted by atomic mass is 11.1. The summed E-state index contributed by atoms with van der Waals surface area (Å²) in [6.45, 7) is 0. The van der Waals surface area contributed by atoms with Gasteiger partial charge >= 0.3 is 6.09 Å². The smallest absolute Gasteiger partial charge is 0.408 e. The van der Waals surface area contributed by atoms with Crippen molar-refractivity contribution >= 4 is 137 Å². The molecular weight excluding hydrogens is 679 g/mol. The Kier molecular flexibility index (Phi) is 37.1. The van der Waals surface area contributed by atoms with Crippen molar-refractivity contribution in [3.8, 4) is 0 Å². The number of alkyl carbamates (subject to hydrolysis) is 1. The molecule has 0 spiro atoms. The summed E-state index contributed by atoms with van der Waals surface area (Å²) in [6, 6.07) is 0. The summed E-state index contributed by atoms with van der Waals surface area (Å²) in [6.07, 6.45) is 4.26. The fourth-order valence-corrected chi connectivity index (χ4v) is 9.20. The molecule has 0 rings (SSSR count). The van der Waals surface area contributed by atoms with E-state index in [1.54, 1.807) is 94.1 Å². The molecule has 0 aliphatic rings. The van der Waals surface area contributed by atoms with Gasteiger partial charge < -0.3 is 24.9 Å². The van der Waals surface area contributed by atoms with Crippen LogP contribution in [-0.2, 0) is 24.3 Å². The second kappa shape index (κ2) is 35.6. The summed E-state index contributed by atoms with van der Waals surface area (Å²) in [5, 5.41) is 16.5. The average molecular weight is 712 g/mol. The maximum absolute atomic E-state index is 11.6. The van der Waals surface area contributed by atoms with Crippen molar-refractivity contribution in [3.63, 3.8) is 0 Å². The lowest BCUT2D eigenvalue weighted by molar-refractivity contribution is -0.196. The van der Waals surface area contributed by atoms with Crippen LogP contribution < -0.4 is 5.32 Å². The quantitative estimate of drug-likeness (QED) is 0.0233. The second-order valence-corrected chi connectivity index (χ2v) is 17.0. The summed E-state index contributed by atoms with van der Waals surface area (Å²) >= 11 is 16.3. The van der Waals surface area contributed by atoms with Crippen LogP contribution in [-0.4, -0.2) is 102 Å². The number of carbonyl (C=O) groups is 1. The molecule has 0 aliphatic carbocycles. The van der Waals surface area contributed by atoms with Crippen molar-refractivity contribution in [1.82, 2.24) is 5.32 Å². The molecular formula is C17H33N3O7S10. The third-order valence-electron chi connectivity index (χ3n) is 2.68. The van der Waals surface area contributed by atoms with Gasteiger partial charge in [0.05, 0.1) is 23.6 Å². The number of hydrogen-bond acceptors (Lipinski definition) is 19. The molecule has 0 aliphatic heterocycles. The number of ether oxygens (including phenoxy) is 1. The fourth-order valence-electron chi connectivity index (χ4n) is 1.37. The third-order valence-corrected chi connectivity index (χ3v) is 13.0. The average Bonchev–Trinajstić information content (AvgIpc) is 2.90. The zero-order chi connectivity index (χ0) is 26.9. The molecule has 0 aromatic heterocycles. The van der Waals surface area contributed by atoms with Gasteiger partial charge in [0.1, 0.15) is 17.8 Å². The van der Waals surface area contributed by atoms with Gasteiger partial charge in [-0.3, -0.25) is 0 Å². The van der Waals surface area contributed by atoms with Crippen LogP contribution in [0.15, 0.2) is 9.98 Å². The highest BCUT2D eigenvalue weighted by Gasteiger charge is 2.01. The van der Waals surface area contributed by atoms with Crippen LogP contribution in [0.1, 0.15) is 0 Å². The van der Waals surface area contributed by atoms with Crippen LogP contribution in [0.5, 0.6) is 0 Å². The van der Waals surface area contributed by atoms with E-state index in [1.807, 2.05) is 0 Å². The summed E-state index contributed by atoms with van der Waals surface area (Å²) in [5.74, 6) is 3.01. The van der Waals surface area contributed by atoms with E-state index in [-0.39, 0.29) is 5.94 Å². The topological polar surface area (TPSA) is 120 Å². The summed E-state index contributed by atoms with van der Waals surface area (Å²) < 4.78 is 5.13. The molecule has 0 radical (unpaired) electrons. The van der Waals surface area contributed by atoms with Crippen LogP contribution in [0.25, 0.3) is 0 Å². The molecule has 37 heavy (non-hydrogen) atoms. The molecule has 0 saturated carbocycles. The van der Waals surface area contributed by atoms with Crippen molar-refractivity contribution in [1.29, 1.82) is 0 Å². The van der Waals surface area contributed by atoms with E-state index in [9.17, 15) is 4.79 Å². The second-order valence-electron chi connectivity index (χ2n) is 5.33. The SMILES string of the molecule is CSCSC/N=C/OOCSCSCSCNC(=O)OCSCSCSC/N=C/OOCSCSCO. The molecule has 1 amide bonds. The molecule has 0 aromatic rings. The number of rotatable bonds is 29. The molecule has 0 atom stereocenters. The highest BCUT2D eigenvalue weighted by Crippen LogP contribution is 2.19. The first kappa shape index (κ1) is 38.6. The zero-order valence-corrected chi connectivity index (χ0v) is 28.4. The minimum atomic E-state index is -0.403. The lowest BCUT2D eigenvalue weighted by Gasteiger charge is -2.06. The van der Waals surface area contributed by atoms with E-state index < -0.39 is 6.09 Å². The van der Waals surface area contributed by atoms with Gasteiger partial charge in [-0.05, 0) is 6.26 Å². The highest BCUT2D eigenvalue weighted by molar-refractivity contribution is 8.23. The van der Waals surface area contributed by atoms with Crippen LogP contribution in [0.2, 0.25) is 0 Å². The van der Waals surface area contributed by atoms with E-state index in [0.29, 0.717) is 35.4 Å². The predicted octanol–water partition coefficient (Wildman–Crippen LogP) is 6.07. The van der Waals surface area contributed by atoms with Gasteiger partial charge in [0.15, 0.2) is 0 Å².